The van der Waals surface area contributed by atoms with Crippen molar-refractivity contribution in [1.82, 2.24) is 10.3 Å². The zero-order valence-corrected chi connectivity index (χ0v) is 8.94. The smallest absolute Gasteiger partial charge is 0.0798 e. The topological polar surface area (TPSA) is 50.9 Å². The van der Waals surface area contributed by atoms with E-state index < -0.39 is 0 Å². The second-order valence-corrected chi connectivity index (χ2v) is 5.37. The third-order valence-electron chi connectivity index (χ3n) is 3.74. The predicted molar refractivity (Wildman–Crippen MR) is 57.3 cm³/mol. The molecule has 1 saturated heterocycles. The Hall–Kier alpha value is -0.450. The summed E-state index contributed by atoms with van der Waals surface area (Å²) in [5.74, 6) is 0. The molecule has 76 valence electrons. The van der Waals surface area contributed by atoms with Crippen LogP contribution in [-0.2, 0) is 6.42 Å². The van der Waals surface area contributed by atoms with E-state index in [0.29, 0.717) is 5.41 Å². The van der Waals surface area contributed by atoms with E-state index in [0.717, 1.165) is 19.5 Å². The van der Waals surface area contributed by atoms with Crippen molar-refractivity contribution in [3.8, 4) is 0 Å². The normalized spacial score (nSPS) is 29.4. The number of nitrogens with two attached hydrogens (primary N) is 1. The van der Waals surface area contributed by atoms with Gasteiger partial charge in [0.25, 0.3) is 0 Å². The van der Waals surface area contributed by atoms with Crippen molar-refractivity contribution >= 4 is 11.3 Å². The van der Waals surface area contributed by atoms with Crippen LogP contribution in [0.2, 0.25) is 0 Å². The van der Waals surface area contributed by atoms with Crippen molar-refractivity contribution in [2.45, 2.75) is 25.3 Å². The molecule has 3 rings (SSSR count). The Bertz CT molecular complexity index is 341. The maximum atomic E-state index is 6.32. The molecule has 4 heteroatoms. The van der Waals surface area contributed by atoms with Crippen LogP contribution in [-0.4, -0.2) is 18.1 Å². The molecule has 2 aliphatic rings. The molecule has 1 spiro atoms. The van der Waals surface area contributed by atoms with Crippen LogP contribution < -0.4 is 11.1 Å². The molecule has 3 nitrogen and oxygen atoms in total. The van der Waals surface area contributed by atoms with Crippen molar-refractivity contribution in [3.05, 3.63) is 16.1 Å². The van der Waals surface area contributed by atoms with Crippen molar-refractivity contribution in [2.24, 2.45) is 11.1 Å². The van der Waals surface area contributed by atoms with E-state index in [1.165, 1.54) is 23.4 Å². The maximum Gasteiger partial charge on any atom is 0.0798 e. The van der Waals surface area contributed by atoms with Crippen LogP contribution in [0.1, 0.15) is 29.5 Å². The van der Waals surface area contributed by atoms with Gasteiger partial charge in [0.1, 0.15) is 0 Å². The van der Waals surface area contributed by atoms with Gasteiger partial charge in [-0.3, -0.25) is 0 Å². The molecule has 2 heterocycles. The van der Waals surface area contributed by atoms with Crippen LogP contribution in [0.3, 0.4) is 0 Å². The lowest BCUT2D eigenvalue weighted by Crippen LogP contribution is -2.42. The second kappa shape index (κ2) is 3.02. The summed E-state index contributed by atoms with van der Waals surface area (Å²) in [4.78, 5) is 5.83. The van der Waals surface area contributed by atoms with Crippen molar-refractivity contribution in [1.29, 1.82) is 0 Å². The first-order chi connectivity index (χ1) is 6.82. The Balaban J connectivity index is 1.94. The van der Waals surface area contributed by atoms with E-state index in [1.54, 1.807) is 11.3 Å². The molecule has 0 unspecified atom stereocenters. The molecule has 1 aromatic rings. The number of nitrogens with one attached hydrogen (secondary N) is 1. The number of hydrogen-bond donors (Lipinski definition) is 2. The van der Waals surface area contributed by atoms with Crippen LogP contribution in [0.4, 0.5) is 0 Å². The average Bonchev–Trinajstić information content (AvgIpc) is 2.73. The van der Waals surface area contributed by atoms with Crippen molar-refractivity contribution < 1.29 is 0 Å². The largest absolute Gasteiger partial charge is 0.322 e. The zero-order valence-electron chi connectivity index (χ0n) is 8.12. The van der Waals surface area contributed by atoms with Gasteiger partial charge in [-0.1, -0.05) is 0 Å². The lowest BCUT2D eigenvalue weighted by Gasteiger charge is -2.37. The number of hydrogen-bond acceptors (Lipinski definition) is 4. The van der Waals surface area contributed by atoms with Crippen LogP contribution >= 0.6 is 11.3 Å². The van der Waals surface area contributed by atoms with Gasteiger partial charge in [0.2, 0.25) is 0 Å². The Morgan fingerprint density at radius 1 is 1.50 bits per heavy atom. The molecule has 0 radical (unpaired) electrons. The van der Waals surface area contributed by atoms with Crippen LogP contribution in [0.5, 0.6) is 0 Å². The molecule has 1 aliphatic heterocycles. The lowest BCUT2D eigenvalue weighted by molar-refractivity contribution is 0.173. The molecule has 1 aromatic heterocycles. The Kier molecular flexibility index (Phi) is 1.90. The van der Waals surface area contributed by atoms with Crippen LogP contribution in [0.15, 0.2) is 5.51 Å². The minimum Gasteiger partial charge on any atom is -0.322 e. The Morgan fingerprint density at radius 3 is 3.00 bits per heavy atom. The molecule has 1 fully saturated rings. The molecule has 0 aromatic carbocycles. The van der Waals surface area contributed by atoms with Gasteiger partial charge >= 0.3 is 0 Å². The van der Waals surface area contributed by atoms with E-state index >= 15 is 0 Å². The summed E-state index contributed by atoms with van der Waals surface area (Å²) >= 11 is 1.77. The minimum atomic E-state index is 0.186. The van der Waals surface area contributed by atoms with E-state index in [-0.39, 0.29) is 6.04 Å². The fourth-order valence-electron chi connectivity index (χ4n) is 2.80. The highest BCUT2D eigenvalue weighted by Gasteiger charge is 2.46. The molecule has 1 aliphatic carbocycles. The quantitative estimate of drug-likeness (QED) is 0.672. The summed E-state index contributed by atoms with van der Waals surface area (Å²) < 4.78 is 0. The summed E-state index contributed by atoms with van der Waals surface area (Å²) in [5, 5.41) is 3.40. The molecule has 14 heavy (non-hydrogen) atoms. The maximum absolute atomic E-state index is 6.32. The first kappa shape index (κ1) is 8.83. The van der Waals surface area contributed by atoms with E-state index in [2.05, 4.69) is 10.3 Å². The summed E-state index contributed by atoms with van der Waals surface area (Å²) in [6.07, 6.45) is 3.57. The van der Waals surface area contributed by atoms with E-state index in [1.807, 2.05) is 5.51 Å². The van der Waals surface area contributed by atoms with Gasteiger partial charge < -0.3 is 11.1 Å². The third kappa shape index (κ3) is 1.08. The van der Waals surface area contributed by atoms with Crippen LogP contribution in [0, 0.1) is 5.41 Å². The summed E-state index contributed by atoms with van der Waals surface area (Å²) in [5.41, 5.74) is 9.76. The molecule has 0 bridgehead atoms. The van der Waals surface area contributed by atoms with Gasteiger partial charge in [0.15, 0.2) is 0 Å². The highest BCUT2D eigenvalue weighted by atomic mass is 32.1. The number of nitrogens with zero attached hydrogens (tertiary/aromatic N) is 1. The molecule has 3 N–H and O–H groups in total. The van der Waals surface area contributed by atoms with Crippen LogP contribution in [0.25, 0.3) is 0 Å². The molecule has 0 amide bonds. The lowest BCUT2D eigenvalue weighted by atomic mass is 9.74. The minimum absolute atomic E-state index is 0.186. The highest BCUT2D eigenvalue weighted by molar-refractivity contribution is 7.09. The standard InChI is InChI=1S/C10H15N3S/c11-9-8-7(14-6-13-8)5-10(9)1-3-12-4-2-10/h6,9,12H,1-5,11H2/t9-/m1/s1. The molecule has 1 atom stereocenters. The highest BCUT2D eigenvalue weighted by Crippen LogP contribution is 2.50. The van der Waals surface area contributed by atoms with Gasteiger partial charge in [0.05, 0.1) is 17.2 Å². The van der Waals surface area contributed by atoms with Crippen molar-refractivity contribution in [3.63, 3.8) is 0 Å². The Labute approximate surface area is 87.7 Å². The number of rotatable bonds is 0. The van der Waals surface area contributed by atoms with E-state index in [4.69, 9.17) is 5.73 Å². The fraction of sp³-hybridized carbons (Fsp3) is 0.700. The van der Waals surface area contributed by atoms with Gasteiger partial charge in [-0.25, -0.2) is 4.98 Å². The fourth-order valence-corrected chi connectivity index (χ4v) is 3.76. The number of fused-ring (bicyclic) bond motifs is 1. The number of piperidine rings is 1. The first-order valence-corrected chi connectivity index (χ1v) is 6.08. The number of thiazole rings is 1. The summed E-state index contributed by atoms with van der Waals surface area (Å²) in [6, 6.07) is 0.186. The Morgan fingerprint density at radius 2 is 2.29 bits per heavy atom. The third-order valence-corrected chi connectivity index (χ3v) is 4.59. The molecular weight excluding hydrogens is 194 g/mol. The van der Waals surface area contributed by atoms with Gasteiger partial charge in [-0.2, -0.15) is 0 Å². The monoisotopic (exact) mass is 209 g/mol. The SMILES string of the molecule is N[C@@H]1c2ncsc2CC12CCNCC2. The summed E-state index contributed by atoms with van der Waals surface area (Å²) in [6.45, 7) is 2.23. The van der Waals surface area contributed by atoms with Gasteiger partial charge in [-0.05, 0) is 37.8 Å². The van der Waals surface area contributed by atoms with Gasteiger partial charge in [0, 0.05) is 4.88 Å². The molecule has 0 saturated carbocycles. The predicted octanol–water partition coefficient (Wildman–Crippen LogP) is 1.07. The van der Waals surface area contributed by atoms with E-state index in [9.17, 15) is 0 Å². The van der Waals surface area contributed by atoms with Crippen molar-refractivity contribution in [2.75, 3.05) is 13.1 Å². The summed E-state index contributed by atoms with van der Waals surface area (Å²) in [7, 11) is 0. The zero-order chi connectivity index (χ0) is 9.60. The first-order valence-electron chi connectivity index (χ1n) is 5.20. The molecular formula is C10H15N3S. The average molecular weight is 209 g/mol. The van der Waals surface area contributed by atoms with Gasteiger partial charge in [-0.15, -0.1) is 11.3 Å². The number of aromatic nitrogens is 1. The second-order valence-electron chi connectivity index (χ2n) is 4.43.